The minimum Gasteiger partial charge on any atom is -0.393 e. The number of aryl methyl sites for hydroxylation is 1. The molecule has 0 amide bonds. The number of nitrogens with zero attached hydrogens (tertiary/aromatic N) is 1. The van der Waals surface area contributed by atoms with Gasteiger partial charge in [-0.25, -0.2) is 0 Å². The summed E-state index contributed by atoms with van der Waals surface area (Å²) in [7, 11) is 1.88. The maximum Gasteiger partial charge on any atom is 0.209 e. The van der Waals surface area contributed by atoms with Crippen LogP contribution >= 0.6 is 11.6 Å². The summed E-state index contributed by atoms with van der Waals surface area (Å²) in [6, 6.07) is 10.7. The molecule has 0 radical (unpaired) electrons. The summed E-state index contributed by atoms with van der Waals surface area (Å²) in [5.74, 6) is -0.0209. The van der Waals surface area contributed by atoms with Crippen LogP contribution in [-0.4, -0.2) is 21.6 Å². The molecule has 2 rings (SSSR count). The highest BCUT2D eigenvalue weighted by atomic mass is 35.5. The van der Waals surface area contributed by atoms with E-state index >= 15 is 0 Å². The lowest BCUT2D eigenvalue weighted by Crippen LogP contribution is -2.10. The first-order valence-electron chi connectivity index (χ1n) is 6.62. The number of aromatic nitrogens is 1. The molecule has 1 atom stereocenters. The third-order valence-electron chi connectivity index (χ3n) is 3.38. The Hall–Kier alpha value is -1.58. The minimum atomic E-state index is -0.333. The first-order valence-corrected chi connectivity index (χ1v) is 6.99. The smallest absolute Gasteiger partial charge is 0.209 e. The van der Waals surface area contributed by atoms with Crippen molar-refractivity contribution >= 4 is 17.4 Å². The number of aliphatic hydroxyl groups excluding tert-OH is 1. The molecule has 0 aliphatic heterocycles. The maximum absolute atomic E-state index is 12.4. The molecule has 0 saturated heterocycles. The number of benzene rings is 1. The number of rotatable bonds is 5. The van der Waals surface area contributed by atoms with Crippen molar-refractivity contribution in [2.24, 2.45) is 7.05 Å². The van der Waals surface area contributed by atoms with Crippen molar-refractivity contribution in [1.82, 2.24) is 4.57 Å². The van der Waals surface area contributed by atoms with Crippen molar-refractivity contribution < 1.29 is 9.90 Å². The average molecular weight is 292 g/mol. The number of hydrogen-bond donors (Lipinski definition) is 1. The molecule has 1 aromatic heterocycles. The summed E-state index contributed by atoms with van der Waals surface area (Å²) < 4.78 is 1.89. The Morgan fingerprint density at radius 2 is 1.90 bits per heavy atom. The van der Waals surface area contributed by atoms with Crippen LogP contribution in [0.4, 0.5) is 0 Å². The van der Waals surface area contributed by atoms with Crippen LogP contribution in [0, 0.1) is 0 Å². The monoisotopic (exact) mass is 291 g/mol. The molecule has 1 heterocycles. The average Bonchev–Trinajstić information content (AvgIpc) is 2.78. The molecule has 0 spiro atoms. The van der Waals surface area contributed by atoms with Crippen LogP contribution in [-0.2, 0) is 13.5 Å². The molecule has 4 heteroatoms. The Morgan fingerprint density at radius 3 is 2.50 bits per heavy atom. The van der Waals surface area contributed by atoms with Gasteiger partial charge >= 0.3 is 0 Å². The number of ketones is 1. The predicted molar refractivity (Wildman–Crippen MR) is 80.3 cm³/mol. The molecule has 0 fully saturated rings. The van der Waals surface area contributed by atoms with Gasteiger partial charge in [-0.3, -0.25) is 4.79 Å². The van der Waals surface area contributed by atoms with Gasteiger partial charge in [-0.15, -0.1) is 0 Å². The highest BCUT2D eigenvalue weighted by Gasteiger charge is 2.14. The lowest BCUT2D eigenvalue weighted by molar-refractivity contribution is 0.103. The number of carbonyl (C=O) groups is 1. The van der Waals surface area contributed by atoms with Crippen LogP contribution in [0.2, 0.25) is 5.02 Å². The Labute approximate surface area is 123 Å². The van der Waals surface area contributed by atoms with E-state index < -0.39 is 0 Å². The van der Waals surface area contributed by atoms with E-state index in [-0.39, 0.29) is 11.9 Å². The third kappa shape index (κ3) is 3.30. The van der Waals surface area contributed by atoms with Crippen molar-refractivity contribution in [3.8, 4) is 0 Å². The van der Waals surface area contributed by atoms with E-state index in [1.165, 1.54) is 0 Å². The van der Waals surface area contributed by atoms with E-state index in [1.54, 1.807) is 31.2 Å². The molecule has 106 valence electrons. The minimum absolute atomic E-state index is 0.0209. The Bertz CT molecular complexity index is 599. The van der Waals surface area contributed by atoms with Gasteiger partial charge in [-0.1, -0.05) is 11.6 Å². The van der Waals surface area contributed by atoms with Gasteiger partial charge < -0.3 is 9.67 Å². The standard InChI is InChI=1S/C16H18ClNO2/c1-11(19)3-8-14-9-10-15(18(14)2)16(20)12-4-6-13(17)7-5-12/h4-7,9-11,19H,3,8H2,1-2H3. The molecule has 1 N–H and O–H groups in total. The highest BCUT2D eigenvalue weighted by Crippen LogP contribution is 2.17. The second kappa shape index (κ2) is 6.25. The molecule has 1 unspecified atom stereocenters. The summed E-state index contributed by atoms with van der Waals surface area (Å²) in [5.41, 5.74) is 2.31. The van der Waals surface area contributed by atoms with Crippen LogP contribution < -0.4 is 0 Å². The van der Waals surface area contributed by atoms with Crippen LogP contribution in [0.15, 0.2) is 36.4 Å². The molecular weight excluding hydrogens is 274 g/mol. The summed E-state index contributed by atoms with van der Waals surface area (Å²) in [6.45, 7) is 1.77. The van der Waals surface area contributed by atoms with Gasteiger partial charge in [0, 0.05) is 23.3 Å². The normalized spacial score (nSPS) is 12.4. The number of carbonyl (C=O) groups excluding carboxylic acids is 1. The zero-order valence-electron chi connectivity index (χ0n) is 11.6. The maximum atomic E-state index is 12.4. The lowest BCUT2D eigenvalue weighted by Gasteiger charge is -2.08. The second-order valence-corrected chi connectivity index (χ2v) is 5.43. The van der Waals surface area contributed by atoms with Crippen LogP contribution in [0.1, 0.15) is 35.1 Å². The van der Waals surface area contributed by atoms with Gasteiger partial charge in [0.1, 0.15) is 0 Å². The Balaban J connectivity index is 2.20. The summed E-state index contributed by atoms with van der Waals surface area (Å²) in [4.78, 5) is 12.4. The Morgan fingerprint density at radius 1 is 1.25 bits per heavy atom. The molecule has 0 saturated carbocycles. The zero-order chi connectivity index (χ0) is 14.7. The van der Waals surface area contributed by atoms with E-state index in [0.29, 0.717) is 22.7 Å². The van der Waals surface area contributed by atoms with Crippen LogP contribution in [0.5, 0.6) is 0 Å². The SMILES string of the molecule is CC(O)CCc1ccc(C(=O)c2ccc(Cl)cc2)n1C. The van der Waals surface area contributed by atoms with E-state index in [1.807, 2.05) is 23.7 Å². The first-order chi connectivity index (χ1) is 9.49. The fourth-order valence-corrected chi connectivity index (χ4v) is 2.26. The number of aliphatic hydroxyl groups is 1. The fourth-order valence-electron chi connectivity index (χ4n) is 2.14. The largest absolute Gasteiger partial charge is 0.393 e. The van der Waals surface area contributed by atoms with Crippen molar-refractivity contribution in [2.75, 3.05) is 0 Å². The second-order valence-electron chi connectivity index (χ2n) is 4.99. The van der Waals surface area contributed by atoms with Crippen molar-refractivity contribution in [2.45, 2.75) is 25.9 Å². The van der Waals surface area contributed by atoms with Crippen LogP contribution in [0.3, 0.4) is 0 Å². The fraction of sp³-hybridized carbons (Fsp3) is 0.312. The first kappa shape index (κ1) is 14.8. The van der Waals surface area contributed by atoms with Crippen molar-refractivity contribution in [1.29, 1.82) is 0 Å². The molecule has 1 aromatic carbocycles. The topological polar surface area (TPSA) is 42.2 Å². The summed E-state index contributed by atoms with van der Waals surface area (Å²) >= 11 is 5.83. The number of hydrogen-bond acceptors (Lipinski definition) is 2. The molecule has 20 heavy (non-hydrogen) atoms. The third-order valence-corrected chi connectivity index (χ3v) is 3.64. The van der Waals surface area contributed by atoms with Gasteiger partial charge in [0.15, 0.2) is 0 Å². The molecule has 0 aliphatic carbocycles. The van der Waals surface area contributed by atoms with E-state index in [4.69, 9.17) is 11.6 Å². The van der Waals surface area contributed by atoms with Gasteiger partial charge in [0.05, 0.1) is 11.8 Å². The van der Waals surface area contributed by atoms with Gasteiger partial charge in [0.2, 0.25) is 5.78 Å². The van der Waals surface area contributed by atoms with Gasteiger partial charge in [-0.2, -0.15) is 0 Å². The van der Waals surface area contributed by atoms with Gasteiger partial charge in [0.25, 0.3) is 0 Å². The quantitative estimate of drug-likeness (QED) is 0.860. The predicted octanol–water partition coefficient (Wildman–Crippen LogP) is 3.22. The molecule has 0 aliphatic rings. The summed E-state index contributed by atoms with van der Waals surface area (Å²) in [6.07, 6.45) is 1.11. The van der Waals surface area contributed by atoms with Gasteiger partial charge in [-0.05, 0) is 56.2 Å². The van der Waals surface area contributed by atoms with E-state index in [0.717, 1.165) is 12.1 Å². The molecule has 0 bridgehead atoms. The molecule has 2 aromatic rings. The molecule has 3 nitrogen and oxygen atoms in total. The zero-order valence-corrected chi connectivity index (χ0v) is 12.4. The Kier molecular flexibility index (Phi) is 4.63. The van der Waals surface area contributed by atoms with Crippen LogP contribution in [0.25, 0.3) is 0 Å². The molecular formula is C16H18ClNO2. The summed E-state index contributed by atoms with van der Waals surface area (Å²) in [5, 5.41) is 9.95. The lowest BCUT2D eigenvalue weighted by atomic mass is 10.1. The highest BCUT2D eigenvalue weighted by molar-refractivity contribution is 6.30. The van der Waals surface area contributed by atoms with Crippen molar-refractivity contribution in [3.05, 3.63) is 58.4 Å². The number of halogens is 1. The van der Waals surface area contributed by atoms with E-state index in [9.17, 15) is 9.90 Å². The van der Waals surface area contributed by atoms with E-state index in [2.05, 4.69) is 0 Å². The van der Waals surface area contributed by atoms with Crippen molar-refractivity contribution in [3.63, 3.8) is 0 Å².